The molecule has 2 N–H and O–H groups in total. The Bertz CT molecular complexity index is 622. The number of hydrogen-bond donors (Lipinski definition) is 1. The van der Waals surface area contributed by atoms with Crippen molar-refractivity contribution in [3.05, 3.63) is 51.6 Å². The predicted molar refractivity (Wildman–Crippen MR) is 79.5 cm³/mol. The largest absolute Gasteiger partial charge is 0.327 e. The van der Waals surface area contributed by atoms with Crippen LogP contribution >= 0.6 is 11.6 Å². The first-order chi connectivity index (χ1) is 9.40. The number of nitrogens with two attached hydrogens (primary N) is 1. The van der Waals surface area contributed by atoms with Crippen molar-refractivity contribution in [1.29, 1.82) is 0 Å². The fourth-order valence-corrected chi connectivity index (χ4v) is 2.63. The minimum atomic E-state index is -0.371. The van der Waals surface area contributed by atoms with Gasteiger partial charge in [-0.2, -0.15) is 5.10 Å². The maximum atomic E-state index is 13.9. The van der Waals surface area contributed by atoms with Gasteiger partial charge in [0, 0.05) is 18.8 Å². The first-order valence-corrected chi connectivity index (χ1v) is 6.95. The van der Waals surface area contributed by atoms with E-state index in [1.165, 1.54) is 0 Å². The summed E-state index contributed by atoms with van der Waals surface area (Å²) in [4.78, 5) is 0. The van der Waals surface area contributed by atoms with Crippen LogP contribution in [0.4, 0.5) is 4.39 Å². The third kappa shape index (κ3) is 3.02. The predicted octanol–water partition coefficient (Wildman–Crippen LogP) is 2.94. The molecule has 0 amide bonds. The van der Waals surface area contributed by atoms with Crippen LogP contribution in [-0.2, 0) is 19.9 Å². The number of benzene rings is 1. The van der Waals surface area contributed by atoms with E-state index in [2.05, 4.69) is 5.10 Å². The van der Waals surface area contributed by atoms with Crippen LogP contribution in [0.25, 0.3) is 0 Å². The molecule has 0 saturated heterocycles. The van der Waals surface area contributed by atoms with Crippen molar-refractivity contribution >= 4 is 11.6 Å². The summed E-state index contributed by atoms with van der Waals surface area (Å²) in [6, 6.07) is 4.85. The lowest BCUT2D eigenvalue weighted by molar-refractivity contribution is 0.583. The third-order valence-corrected chi connectivity index (χ3v) is 3.93. The van der Waals surface area contributed by atoms with Gasteiger partial charge >= 0.3 is 0 Å². The summed E-state index contributed by atoms with van der Waals surface area (Å²) in [6.07, 6.45) is 1.14. The maximum Gasteiger partial charge on any atom is 0.145 e. The lowest BCUT2D eigenvalue weighted by Gasteiger charge is -2.13. The van der Waals surface area contributed by atoms with Crippen LogP contribution in [0.2, 0.25) is 5.02 Å². The summed E-state index contributed by atoms with van der Waals surface area (Å²) in [6.45, 7) is 3.98. The average molecular weight is 296 g/mol. The number of nitrogens with zero attached hydrogens (tertiary/aromatic N) is 2. The minimum absolute atomic E-state index is 0.142. The number of rotatable bonds is 4. The van der Waals surface area contributed by atoms with Crippen LogP contribution in [0.5, 0.6) is 0 Å². The molecule has 0 aliphatic rings. The zero-order valence-corrected chi connectivity index (χ0v) is 12.7. The van der Waals surface area contributed by atoms with Crippen molar-refractivity contribution < 1.29 is 4.39 Å². The molecule has 1 aromatic heterocycles. The van der Waals surface area contributed by atoms with E-state index in [-0.39, 0.29) is 16.9 Å². The van der Waals surface area contributed by atoms with Crippen LogP contribution < -0.4 is 5.73 Å². The van der Waals surface area contributed by atoms with E-state index >= 15 is 0 Å². The van der Waals surface area contributed by atoms with Crippen LogP contribution in [0.1, 0.15) is 22.5 Å². The fourth-order valence-electron chi connectivity index (χ4n) is 2.44. The molecule has 0 saturated carbocycles. The zero-order valence-electron chi connectivity index (χ0n) is 12.0. The molecular weight excluding hydrogens is 277 g/mol. The van der Waals surface area contributed by atoms with Crippen molar-refractivity contribution in [3.63, 3.8) is 0 Å². The van der Waals surface area contributed by atoms with Gasteiger partial charge in [-0.25, -0.2) is 4.39 Å². The Balaban J connectivity index is 2.13. The fraction of sp³-hybridized carbons (Fsp3) is 0.400. The summed E-state index contributed by atoms with van der Waals surface area (Å²) in [7, 11) is 1.91. The molecule has 1 atom stereocenters. The number of halogens is 2. The smallest absolute Gasteiger partial charge is 0.145 e. The highest BCUT2D eigenvalue weighted by molar-refractivity contribution is 6.30. The molecule has 0 bridgehead atoms. The molecule has 108 valence electrons. The maximum absolute atomic E-state index is 13.9. The van der Waals surface area contributed by atoms with Gasteiger partial charge in [-0.1, -0.05) is 23.7 Å². The van der Waals surface area contributed by atoms with E-state index in [1.54, 1.807) is 18.2 Å². The molecule has 0 aliphatic carbocycles. The number of aromatic nitrogens is 2. The standard InChI is InChI=1S/C15H19ClFN3/c1-9-13(10(2)20(3)19-9)8-12(18)7-11-5-4-6-14(16)15(11)17/h4-6,12H,7-8,18H2,1-3H3. The second kappa shape index (κ2) is 5.94. The Morgan fingerprint density at radius 2 is 2.05 bits per heavy atom. The molecule has 3 nitrogen and oxygen atoms in total. The topological polar surface area (TPSA) is 43.8 Å². The highest BCUT2D eigenvalue weighted by Crippen LogP contribution is 2.20. The molecule has 1 heterocycles. The summed E-state index contributed by atoms with van der Waals surface area (Å²) < 4.78 is 15.7. The average Bonchev–Trinajstić information content (AvgIpc) is 2.62. The highest BCUT2D eigenvalue weighted by Gasteiger charge is 2.15. The van der Waals surface area contributed by atoms with Gasteiger partial charge in [0.25, 0.3) is 0 Å². The number of hydrogen-bond acceptors (Lipinski definition) is 2. The van der Waals surface area contributed by atoms with Crippen LogP contribution in [0.3, 0.4) is 0 Å². The van der Waals surface area contributed by atoms with Gasteiger partial charge in [0.15, 0.2) is 0 Å². The lowest BCUT2D eigenvalue weighted by Crippen LogP contribution is -2.26. The molecule has 1 unspecified atom stereocenters. The summed E-state index contributed by atoms with van der Waals surface area (Å²) in [5, 5.41) is 4.51. The van der Waals surface area contributed by atoms with E-state index in [9.17, 15) is 4.39 Å². The SMILES string of the molecule is Cc1nn(C)c(C)c1CC(N)Cc1cccc(Cl)c1F. The quantitative estimate of drug-likeness (QED) is 0.942. The summed E-state index contributed by atoms with van der Waals surface area (Å²) in [5.74, 6) is -0.371. The van der Waals surface area contributed by atoms with Gasteiger partial charge in [0.2, 0.25) is 0 Å². The Morgan fingerprint density at radius 1 is 1.35 bits per heavy atom. The van der Waals surface area contributed by atoms with Crippen LogP contribution in [-0.4, -0.2) is 15.8 Å². The van der Waals surface area contributed by atoms with Gasteiger partial charge in [-0.15, -0.1) is 0 Å². The van der Waals surface area contributed by atoms with Gasteiger partial charge in [-0.05, 0) is 43.9 Å². The summed E-state index contributed by atoms with van der Waals surface area (Å²) in [5.41, 5.74) is 9.94. The van der Waals surface area contributed by atoms with Crippen molar-refractivity contribution in [2.45, 2.75) is 32.7 Å². The van der Waals surface area contributed by atoms with E-state index in [0.29, 0.717) is 18.4 Å². The third-order valence-electron chi connectivity index (χ3n) is 3.64. The lowest BCUT2D eigenvalue weighted by atomic mass is 9.98. The van der Waals surface area contributed by atoms with Gasteiger partial charge in [-0.3, -0.25) is 4.68 Å². The van der Waals surface area contributed by atoms with Crippen LogP contribution in [0.15, 0.2) is 18.2 Å². The van der Waals surface area contributed by atoms with Gasteiger partial charge < -0.3 is 5.73 Å². The van der Waals surface area contributed by atoms with Gasteiger partial charge in [0.05, 0.1) is 10.7 Å². The zero-order chi connectivity index (χ0) is 14.9. The Labute approximate surface area is 123 Å². The van der Waals surface area contributed by atoms with Gasteiger partial charge in [0.1, 0.15) is 5.82 Å². The van der Waals surface area contributed by atoms with Crippen molar-refractivity contribution in [3.8, 4) is 0 Å². The second-order valence-electron chi connectivity index (χ2n) is 5.15. The Kier molecular flexibility index (Phi) is 4.45. The first-order valence-electron chi connectivity index (χ1n) is 6.57. The number of aryl methyl sites for hydroxylation is 2. The van der Waals surface area contributed by atoms with Crippen molar-refractivity contribution in [1.82, 2.24) is 9.78 Å². The van der Waals surface area contributed by atoms with Crippen LogP contribution in [0, 0.1) is 19.7 Å². The molecule has 2 rings (SSSR count). The Morgan fingerprint density at radius 3 is 2.65 bits per heavy atom. The first kappa shape index (κ1) is 15.0. The molecule has 20 heavy (non-hydrogen) atoms. The summed E-state index contributed by atoms with van der Waals surface area (Å²) >= 11 is 5.78. The molecule has 0 radical (unpaired) electrons. The van der Waals surface area contributed by atoms with E-state index in [0.717, 1.165) is 17.0 Å². The molecule has 5 heteroatoms. The van der Waals surface area contributed by atoms with Crippen molar-refractivity contribution in [2.75, 3.05) is 0 Å². The monoisotopic (exact) mass is 295 g/mol. The molecule has 2 aromatic rings. The van der Waals surface area contributed by atoms with E-state index in [4.69, 9.17) is 17.3 Å². The van der Waals surface area contributed by atoms with E-state index < -0.39 is 0 Å². The molecular formula is C15H19ClFN3. The second-order valence-corrected chi connectivity index (χ2v) is 5.56. The highest BCUT2D eigenvalue weighted by atomic mass is 35.5. The van der Waals surface area contributed by atoms with Crippen molar-refractivity contribution in [2.24, 2.45) is 12.8 Å². The minimum Gasteiger partial charge on any atom is -0.327 e. The Hall–Kier alpha value is -1.39. The normalized spacial score (nSPS) is 12.7. The molecule has 0 fully saturated rings. The molecule has 0 aliphatic heterocycles. The molecule has 0 spiro atoms. The van der Waals surface area contributed by atoms with E-state index in [1.807, 2.05) is 25.6 Å². The molecule has 1 aromatic carbocycles.